The predicted octanol–water partition coefficient (Wildman–Crippen LogP) is 1.01. The van der Waals surface area contributed by atoms with Crippen LogP contribution in [0.3, 0.4) is 0 Å². The third-order valence-corrected chi connectivity index (χ3v) is 3.57. The maximum absolute atomic E-state index is 5.64. The monoisotopic (exact) mass is 248 g/mol. The second-order valence-electron chi connectivity index (χ2n) is 2.32. The molecule has 0 saturated carbocycles. The minimum Gasteiger partial charge on any atom is -0.224 e. The quantitative estimate of drug-likeness (QED) is 0.755. The van der Waals surface area contributed by atoms with Gasteiger partial charge in [-0.1, -0.05) is 23.1 Å². The van der Waals surface area contributed by atoms with Crippen molar-refractivity contribution in [2.75, 3.05) is 0 Å². The zero-order chi connectivity index (χ0) is 9.97. The molecule has 2 aromatic rings. The lowest BCUT2D eigenvalue weighted by Crippen LogP contribution is -1.93. The van der Waals surface area contributed by atoms with Gasteiger partial charge in [-0.25, -0.2) is 4.68 Å². The summed E-state index contributed by atoms with van der Waals surface area (Å²) in [5.41, 5.74) is 0. The highest BCUT2D eigenvalue weighted by atomic mass is 35.5. The molecule has 2 heterocycles. The maximum Gasteiger partial charge on any atom is 0.209 e. The molecule has 6 nitrogen and oxygen atoms in total. The molecule has 0 aliphatic rings. The summed E-state index contributed by atoms with van der Waals surface area (Å²) in [6, 6.07) is 0. The Morgan fingerprint density at radius 3 is 2.86 bits per heavy atom. The van der Waals surface area contributed by atoms with Crippen molar-refractivity contribution in [3.05, 3.63) is 9.47 Å². The Bertz CT molecular complexity index is 425. The van der Waals surface area contributed by atoms with Crippen molar-refractivity contribution in [2.24, 2.45) is 7.05 Å². The zero-order valence-corrected chi connectivity index (χ0v) is 9.47. The molecule has 0 aromatic carbocycles. The van der Waals surface area contributed by atoms with Crippen molar-refractivity contribution in [1.29, 1.82) is 0 Å². The Morgan fingerprint density at radius 2 is 2.29 bits per heavy atom. The molecule has 2 rings (SSSR count). The van der Waals surface area contributed by atoms with E-state index in [1.54, 1.807) is 11.7 Å². The summed E-state index contributed by atoms with van der Waals surface area (Å²) in [5, 5.41) is 20.3. The van der Waals surface area contributed by atoms with Gasteiger partial charge < -0.3 is 0 Å². The third kappa shape index (κ3) is 2.20. The van der Waals surface area contributed by atoms with E-state index in [2.05, 4.69) is 25.7 Å². The van der Waals surface area contributed by atoms with Gasteiger partial charge in [0.25, 0.3) is 0 Å². The molecule has 0 aliphatic heterocycles. The molecular weight excluding hydrogens is 244 g/mol. The van der Waals surface area contributed by atoms with Gasteiger partial charge in [0.05, 0.1) is 5.75 Å². The summed E-state index contributed by atoms with van der Waals surface area (Å²) in [4.78, 5) is 0. The van der Waals surface area contributed by atoms with Crippen molar-refractivity contribution in [2.45, 2.75) is 10.9 Å². The lowest BCUT2D eigenvalue weighted by molar-refractivity contribution is 0.664. The van der Waals surface area contributed by atoms with Gasteiger partial charge in [0.1, 0.15) is 5.01 Å². The first-order valence-electron chi connectivity index (χ1n) is 3.59. The number of nitrogens with zero attached hydrogens (tertiary/aromatic N) is 6. The van der Waals surface area contributed by atoms with Gasteiger partial charge in [-0.3, -0.25) is 0 Å². The molecule has 9 heteroatoms. The molecule has 0 unspecified atom stereocenters. The summed E-state index contributed by atoms with van der Waals surface area (Å²) in [6.45, 7) is 0. The van der Waals surface area contributed by atoms with E-state index in [0.717, 1.165) is 10.2 Å². The number of hydrogen-bond acceptors (Lipinski definition) is 7. The highest BCUT2D eigenvalue weighted by Crippen LogP contribution is 2.23. The highest BCUT2D eigenvalue weighted by molar-refractivity contribution is 7.98. The second-order valence-corrected chi connectivity index (χ2v) is 4.91. The van der Waals surface area contributed by atoms with E-state index in [0.29, 0.717) is 10.2 Å². The Labute approximate surface area is 92.7 Å². The Hall–Kier alpha value is -0.730. The zero-order valence-electron chi connectivity index (χ0n) is 7.08. The first-order chi connectivity index (χ1) is 6.75. The van der Waals surface area contributed by atoms with Crippen molar-refractivity contribution >= 4 is 34.7 Å². The molecule has 14 heavy (non-hydrogen) atoms. The van der Waals surface area contributed by atoms with Crippen LogP contribution >= 0.6 is 34.7 Å². The van der Waals surface area contributed by atoms with Crippen LogP contribution in [0.1, 0.15) is 5.01 Å². The standard InChI is InChI=1S/C5H5ClN6S2/c1-12-5(9-10-11-12)13-2-3-7-8-4(6)14-3/h2H2,1H3. The van der Waals surface area contributed by atoms with Crippen molar-refractivity contribution in [1.82, 2.24) is 30.4 Å². The van der Waals surface area contributed by atoms with E-state index in [1.165, 1.54) is 23.1 Å². The number of halogens is 1. The van der Waals surface area contributed by atoms with Crippen molar-refractivity contribution in [3.63, 3.8) is 0 Å². The third-order valence-electron chi connectivity index (χ3n) is 1.35. The van der Waals surface area contributed by atoms with Crippen LogP contribution in [0.5, 0.6) is 0 Å². The van der Waals surface area contributed by atoms with Gasteiger partial charge in [-0.15, -0.1) is 15.3 Å². The Balaban J connectivity index is 1.98. The molecule has 0 amide bonds. The minimum absolute atomic E-state index is 0.455. The van der Waals surface area contributed by atoms with Crippen LogP contribution in [0.4, 0.5) is 0 Å². The molecular formula is C5H5ClN6S2. The fourth-order valence-corrected chi connectivity index (χ4v) is 2.46. The molecule has 0 aliphatic carbocycles. The lowest BCUT2D eigenvalue weighted by atomic mass is 10.9. The molecule has 0 radical (unpaired) electrons. The summed E-state index contributed by atoms with van der Waals surface area (Å²) in [7, 11) is 1.79. The van der Waals surface area contributed by atoms with Gasteiger partial charge in [0.2, 0.25) is 9.62 Å². The molecule has 0 spiro atoms. The molecule has 0 bridgehead atoms. The van der Waals surface area contributed by atoms with E-state index in [-0.39, 0.29) is 0 Å². The predicted molar refractivity (Wildman–Crippen MR) is 53.3 cm³/mol. The van der Waals surface area contributed by atoms with Crippen LogP contribution in [0.2, 0.25) is 4.47 Å². The van der Waals surface area contributed by atoms with E-state index < -0.39 is 0 Å². The van der Waals surface area contributed by atoms with Gasteiger partial charge in [0, 0.05) is 7.05 Å². The van der Waals surface area contributed by atoms with Crippen LogP contribution in [-0.2, 0) is 12.8 Å². The molecule has 0 fully saturated rings. The Kier molecular flexibility index (Phi) is 2.94. The van der Waals surface area contributed by atoms with Gasteiger partial charge in [-0.05, 0) is 22.0 Å². The van der Waals surface area contributed by atoms with Crippen molar-refractivity contribution in [3.8, 4) is 0 Å². The van der Waals surface area contributed by atoms with Crippen LogP contribution < -0.4 is 0 Å². The smallest absolute Gasteiger partial charge is 0.209 e. The largest absolute Gasteiger partial charge is 0.224 e. The first-order valence-corrected chi connectivity index (χ1v) is 5.77. The number of aromatic nitrogens is 6. The van der Waals surface area contributed by atoms with Crippen LogP contribution in [0.25, 0.3) is 0 Å². The summed E-state index contributed by atoms with van der Waals surface area (Å²) in [5.74, 6) is 0.679. The number of thioether (sulfide) groups is 1. The van der Waals surface area contributed by atoms with Gasteiger partial charge in [0.15, 0.2) is 0 Å². The fourth-order valence-electron chi connectivity index (χ4n) is 0.761. The molecule has 0 saturated heterocycles. The average molecular weight is 249 g/mol. The van der Waals surface area contributed by atoms with E-state index in [1.807, 2.05) is 0 Å². The van der Waals surface area contributed by atoms with E-state index >= 15 is 0 Å². The van der Waals surface area contributed by atoms with Gasteiger partial charge >= 0.3 is 0 Å². The number of aryl methyl sites for hydroxylation is 1. The van der Waals surface area contributed by atoms with E-state index in [9.17, 15) is 0 Å². The molecule has 2 aromatic heterocycles. The number of hydrogen-bond donors (Lipinski definition) is 0. The summed E-state index contributed by atoms with van der Waals surface area (Å²) >= 11 is 8.50. The van der Waals surface area contributed by atoms with Crippen LogP contribution in [-0.4, -0.2) is 30.4 Å². The number of rotatable bonds is 3. The average Bonchev–Trinajstić information content (AvgIpc) is 2.72. The number of tetrazole rings is 1. The lowest BCUT2D eigenvalue weighted by Gasteiger charge is -1.94. The van der Waals surface area contributed by atoms with Crippen LogP contribution in [0, 0.1) is 0 Å². The van der Waals surface area contributed by atoms with E-state index in [4.69, 9.17) is 11.6 Å². The highest BCUT2D eigenvalue weighted by Gasteiger charge is 2.06. The SMILES string of the molecule is Cn1nnnc1SCc1nnc(Cl)s1. The molecule has 0 N–H and O–H groups in total. The summed E-state index contributed by atoms with van der Waals surface area (Å²) in [6.07, 6.45) is 0. The maximum atomic E-state index is 5.64. The second kappa shape index (κ2) is 4.20. The fraction of sp³-hybridized carbons (Fsp3) is 0.400. The Morgan fingerprint density at radius 1 is 1.43 bits per heavy atom. The van der Waals surface area contributed by atoms with Crippen molar-refractivity contribution < 1.29 is 0 Å². The minimum atomic E-state index is 0.455. The molecule has 74 valence electrons. The summed E-state index contributed by atoms with van der Waals surface area (Å²) < 4.78 is 2.06. The topological polar surface area (TPSA) is 69.4 Å². The normalized spacial score (nSPS) is 10.7. The molecule has 0 atom stereocenters. The van der Waals surface area contributed by atoms with Crippen LogP contribution in [0.15, 0.2) is 5.16 Å². The first kappa shape index (κ1) is 9.81. The van der Waals surface area contributed by atoms with Gasteiger partial charge in [-0.2, -0.15) is 0 Å².